The van der Waals surface area contributed by atoms with Crippen LogP contribution in [0.1, 0.15) is 63.8 Å². The van der Waals surface area contributed by atoms with E-state index in [-0.39, 0.29) is 32.8 Å². The van der Waals surface area contributed by atoms with E-state index in [1.807, 2.05) is 59.2 Å². The van der Waals surface area contributed by atoms with Gasteiger partial charge in [-0.25, -0.2) is 9.78 Å². The van der Waals surface area contributed by atoms with Gasteiger partial charge >= 0.3 is 6.09 Å². The minimum absolute atomic E-state index is 0. The Hall–Kier alpha value is -4.22. The van der Waals surface area contributed by atoms with Crippen LogP contribution < -0.4 is 16.4 Å². The monoisotopic (exact) mass is 618 g/mol. The maximum Gasteiger partial charge on any atom is 0.410 e. The number of rotatable bonds is 10. The molecule has 0 unspecified atom stereocenters. The number of fused-ring (bicyclic) bond motifs is 1. The molecule has 2 heterocycles. The van der Waals surface area contributed by atoms with E-state index in [9.17, 15) is 14.4 Å². The minimum atomic E-state index is -1.19. The molecule has 45 heavy (non-hydrogen) atoms. The normalized spacial score (nSPS) is 18.8. The summed E-state index contributed by atoms with van der Waals surface area (Å²) in [4.78, 5) is 45.4. The number of aromatic nitrogens is 2. The average Bonchev–Trinajstić information content (AvgIpc) is 3.60. The third-order valence-electron chi connectivity index (χ3n) is 8.22. The molecule has 4 N–H and O–H groups in total. The van der Waals surface area contributed by atoms with Crippen LogP contribution in [0.4, 0.5) is 10.6 Å². The number of carbonyl (C=O) groups is 3. The molecule has 3 amide bonds. The van der Waals surface area contributed by atoms with Crippen molar-refractivity contribution in [3.8, 4) is 0 Å². The van der Waals surface area contributed by atoms with Crippen LogP contribution in [0, 0.1) is 5.92 Å². The van der Waals surface area contributed by atoms with Crippen LogP contribution in [0.5, 0.6) is 0 Å². The van der Waals surface area contributed by atoms with Crippen LogP contribution in [0.15, 0.2) is 67.1 Å². The van der Waals surface area contributed by atoms with Gasteiger partial charge in [-0.05, 0) is 49.3 Å². The Morgan fingerprint density at radius 1 is 1.07 bits per heavy atom. The van der Waals surface area contributed by atoms with Crippen molar-refractivity contribution in [3.63, 3.8) is 0 Å². The standard InChI is InChI=1S/C33H42N6O5.CH4/c1-22-13-15-38(16-14-22)32(42)44-27-17-24-11-7-8-12-25(24)29(27)39-18-28(35-21-39)37-30(40)26(36-31(41)33(2,3)34)20-43-19-23-9-5-4-6-10-23;/h4-12,18,21-22,26-27,29H,13-17,19-20,34H2,1-3H3,(H,36,41)(H,37,40);1H4/t26-,27+,29+;/m1./s1. The topological polar surface area (TPSA) is 141 Å². The summed E-state index contributed by atoms with van der Waals surface area (Å²) in [5.41, 5.74) is 7.87. The third kappa shape index (κ3) is 8.49. The van der Waals surface area contributed by atoms with Gasteiger partial charge in [-0.2, -0.15) is 0 Å². The van der Waals surface area contributed by atoms with Gasteiger partial charge in [0.2, 0.25) is 5.91 Å². The van der Waals surface area contributed by atoms with Gasteiger partial charge in [0.25, 0.3) is 5.91 Å². The molecule has 0 spiro atoms. The van der Waals surface area contributed by atoms with E-state index in [0.29, 0.717) is 31.2 Å². The fourth-order valence-electron chi connectivity index (χ4n) is 5.55. The van der Waals surface area contributed by atoms with Gasteiger partial charge in [0, 0.05) is 25.7 Å². The van der Waals surface area contributed by atoms with Crippen LogP contribution in [0.2, 0.25) is 0 Å². The maximum absolute atomic E-state index is 13.4. The predicted octanol–water partition coefficient (Wildman–Crippen LogP) is 4.28. The molecule has 0 saturated carbocycles. The summed E-state index contributed by atoms with van der Waals surface area (Å²) >= 11 is 0. The Kier molecular flexibility index (Phi) is 11.0. The number of piperidine rings is 1. The Morgan fingerprint density at radius 3 is 2.47 bits per heavy atom. The van der Waals surface area contributed by atoms with Crippen LogP contribution in [0.3, 0.4) is 0 Å². The Labute approximate surface area is 265 Å². The van der Waals surface area contributed by atoms with Gasteiger partial charge in [0.1, 0.15) is 12.1 Å². The highest BCUT2D eigenvalue weighted by Crippen LogP contribution is 2.37. The molecule has 11 heteroatoms. The number of nitrogens with one attached hydrogen (secondary N) is 2. The van der Waals surface area contributed by atoms with Gasteiger partial charge in [-0.15, -0.1) is 0 Å². The number of likely N-dealkylation sites (tertiary alicyclic amines) is 1. The van der Waals surface area contributed by atoms with Crippen molar-refractivity contribution in [2.75, 3.05) is 25.0 Å². The zero-order chi connectivity index (χ0) is 31.3. The van der Waals surface area contributed by atoms with Crippen LogP contribution in [0.25, 0.3) is 0 Å². The molecule has 3 atom stereocenters. The Bertz CT molecular complexity index is 1440. The van der Waals surface area contributed by atoms with E-state index in [1.165, 1.54) is 0 Å². The van der Waals surface area contributed by atoms with Gasteiger partial charge in [-0.1, -0.05) is 68.9 Å². The zero-order valence-electron chi connectivity index (χ0n) is 25.6. The van der Waals surface area contributed by atoms with E-state index in [4.69, 9.17) is 15.2 Å². The zero-order valence-corrected chi connectivity index (χ0v) is 25.6. The average molecular weight is 619 g/mol. The SMILES string of the molecule is C.CC1CCN(C(=O)O[C@H]2Cc3ccccc3[C@@H]2n2cnc(NC(=O)[C@@H](COCc3ccccc3)NC(=O)C(C)(C)N)c2)CC1. The second-order valence-corrected chi connectivity index (χ2v) is 12.4. The smallest absolute Gasteiger partial charge is 0.410 e. The number of amides is 3. The molecule has 1 aliphatic heterocycles. The van der Waals surface area contributed by atoms with Gasteiger partial charge in [0.05, 0.1) is 31.1 Å². The highest BCUT2D eigenvalue weighted by atomic mass is 16.6. The number of hydrogen-bond donors (Lipinski definition) is 3. The van der Waals surface area contributed by atoms with Gasteiger partial charge in [0.15, 0.2) is 5.82 Å². The molecule has 2 aromatic carbocycles. The second-order valence-electron chi connectivity index (χ2n) is 12.4. The number of hydrogen-bond acceptors (Lipinski definition) is 7. The molecule has 1 aromatic heterocycles. The highest BCUT2D eigenvalue weighted by Gasteiger charge is 2.38. The fraction of sp³-hybridized carbons (Fsp3) is 0.471. The van der Waals surface area contributed by atoms with Gasteiger partial charge < -0.3 is 35.3 Å². The van der Waals surface area contributed by atoms with E-state index >= 15 is 0 Å². The maximum atomic E-state index is 13.4. The lowest BCUT2D eigenvalue weighted by molar-refractivity contribution is -0.130. The van der Waals surface area contributed by atoms with Crippen molar-refractivity contribution in [2.24, 2.45) is 11.7 Å². The number of nitrogens with two attached hydrogens (primary N) is 1. The lowest BCUT2D eigenvalue weighted by atomic mass is 10.00. The first-order chi connectivity index (χ1) is 21.1. The van der Waals surface area contributed by atoms with Crippen molar-refractivity contribution in [2.45, 2.75) is 77.8 Å². The largest absolute Gasteiger partial charge is 0.443 e. The molecule has 0 bridgehead atoms. The molecule has 242 valence electrons. The summed E-state index contributed by atoms with van der Waals surface area (Å²) in [6.07, 6.45) is 5.12. The quantitative estimate of drug-likeness (QED) is 0.308. The van der Waals surface area contributed by atoms with Crippen molar-refractivity contribution in [1.82, 2.24) is 19.8 Å². The lowest BCUT2D eigenvalue weighted by Gasteiger charge is -2.31. The number of nitrogens with zero attached hydrogens (tertiary/aromatic N) is 3. The first kappa shape index (κ1) is 33.7. The number of carbonyl (C=O) groups excluding carboxylic acids is 3. The molecule has 5 rings (SSSR count). The molecule has 2 aliphatic rings. The first-order valence-electron chi connectivity index (χ1n) is 15.2. The number of anilines is 1. The number of ether oxygens (including phenoxy) is 2. The molecular formula is C34H46N6O5. The van der Waals surface area contributed by atoms with Gasteiger partial charge in [-0.3, -0.25) is 9.59 Å². The predicted molar refractivity (Wildman–Crippen MR) is 172 cm³/mol. The van der Waals surface area contributed by atoms with Crippen LogP contribution in [-0.4, -0.2) is 69.7 Å². The third-order valence-corrected chi connectivity index (χ3v) is 8.22. The molecule has 1 aliphatic carbocycles. The highest BCUT2D eigenvalue weighted by molar-refractivity contribution is 5.98. The Morgan fingerprint density at radius 2 is 1.76 bits per heavy atom. The van der Waals surface area contributed by atoms with Crippen molar-refractivity contribution in [3.05, 3.63) is 83.8 Å². The van der Waals surface area contributed by atoms with Crippen molar-refractivity contribution < 1.29 is 23.9 Å². The molecule has 1 fully saturated rings. The van der Waals surface area contributed by atoms with Crippen molar-refractivity contribution in [1.29, 1.82) is 0 Å². The number of imidazole rings is 1. The molecule has 3 aromatic rings. The molecule has 0 radical (unpaired) electrons. The summed E-state index contributed by atoms with van der Waals surface area (Å²) in [6.45, 7) is 6.94. The lowest BCUT2D eigenvalue weighted by Crippen LogP contribution is -2.56. The summed E-state index contributed by atoms with van der Waals surface area (Å²) in [6, 6.07) is 16.2. The van der Waals surface area contributed by atoms with Crippen molar-refractivity contribution >= 4 is 23.7 Å². The van der Waals surface area contributed by atoms with E-state index in [0.717, 1.165) is 29.5 Å². The summed E-state index contributed by atoms with van der Waals surface area (Å²) in [7, 11) is 0. The number of benzene rings is 2. The van der Waals surface area contributed by atoms with E-state index in [2.05, 4.69) is 22.5 Å². The molecular weight excluding hydrogens is 572 g/mol. The van der Waals surface area contributed by atoms with E-state index in [1.54, 1.807) is 31.3 Å². The first-order valence-corrected chi connectivity index (χ1v) is 15.2. The second kappa shape index (κ2) is 14.7. The summed E-state index contributed by atoms with van der Waals surface area (Å²) in [5.74, 6) is -0.0760. The summed E-state index contributed by atoms with van der Waals surface area (Å²) in [5, 5.41) is 5.51. The minimum Gasteiger partial charge on any atom is -0.443 e. The Balaban J connectivity index is 0.00000461. The van der Waals surface area contributed by atoms with Crippen LogP contribution in [-0.2, 0) is 32.1 Å². The van der Waals surface area contributed by atoms with E-state index < -0.39 is 29.5 Å². The summed E-state index contributed by atoms with van der Waals surface area (Å²) < 4.78 is 13.7. The fourth-order valence-corrected chi connectivity index (χ4v) is 5.55. The van der Waals surface area contributed by atoms with Crippen LogP contribution >= 0.6 is 0 Å². The molecule has 1 saturated heterocycles. The molecule has 11 nitrogen and oxygen atoms in total.